The number of epoxide rings is 3. The van der Waals surface area contributed by atoms with E-state index in [0.29, 0.717) is 26.2 Å². The van der Waals surface area contributed by atoms with Crippen molar-refractivity contribution in [3.05, 3.63) is 0 Å². The number of urea groups is 1. The van der Waals surface area contributed by atoms with Gasteiger partial charge in [-0.25, -0.2) is 4.79 Å². The number of barbiturate groups is 1. The first kappa shape index (κ1) is 13.2. The van der Waals surface area contributed by atoms with E-state index in [4.69, 9.17) is 14.2 Å². The van der Waals surface area contributed by atoms with Crippen molar-refractivity contribution in [1.29, 1.82) is 0 Å². The van der Waals surface area contributed by atoms with E-state index in [0.717, 1.165) is 9.80 Å². The number of carbonyl (C=O) groups excluding carboxylic acids is 3. The summed E-state index contributed by atoms with van der Waals surface area (Å²) in [6.07, 6.45) is 0.106. The first-order chi connectivity index (χ1) is 10.1. The number of rotatable bonds is 6. The number of ether oxygens (including phenoxy) is 3. The highest BCUT2D eigenvalue weighted by Gasteiger charge is 2.50. The van der Waals surface area contributed by atoms with Gasteiger partial charge in [-0.1, -0.05) is 0 Å². The molecule has 3 atom stereocenters. The third kappa shape index (κ3) is 2.66. The first-order valence-corrected chi connectivity index (χ1v) is 7.15. The smallest absolute Gasteiger partial charge is 0.333 e. The van der Waals surface area contributed by atoms with Crippen LogP contribution in [0.2, 0.25) is 0 Å². The fraction of sp³-hybridized carbons (Fsp3) is 0.769. The van der Waals surface area contributed by atoms with Crippen LogP contribution >= 0.6 is 0 Å². The van der Waals surface area contributed by atoms with E-state index in [9.17, 15) is 14.4 Å². The summed E-state index contributed by atoms with van der Waals surface area (Å²) in [5.74, 6) is -1.68. The minimum Gasteiger partial charge on any atom is -0.373 e. The maximum absolute atomic E-state index is 12.4. The first-order valence-electron chi connectivity index (χ1n) is 7.15. The average Bonchev–Trinajstić information content (AvgIpc) is 3.31. The van der Waals surface area contributed by atoms with Crippen LogP contribution in [0.1, 0.15) is 6.42 Å². The summed E-state index contributed by atoms with van der Waals surface area (Å²) in [5, 5.41) is 0. The predicted molar refractivity (Wildman–Crippen MR) is 66.1 cm³/mol. The van der Waals surface area contributed by atoms with Gasteiger partial charge in [-0.15, -0.1) is 0 Å². The molecule has 0 aromatic heterocycles. The Hall–Kier alpha value is -1.51. The van der Waals surface area contributed by atoms with Gasteiger partial charge in [-0.3, -0.25) is 19.4 Å². The van der Waals surface area contributed by atoms with Crippen LogP contribution in [0.15, 0.2) is 0 Å². The molecule has 0 aliphatic carbocycles. The summed E-state index contributed by atoms with van der Waals surface area (Å²) in [6.45, 7) is 2.10. The van der Waals surface area contributed by atoms with Crippen LogP contribution in [0, 0.1) is 5.92 Å². The molecule has 4 fully saturated rings. The lowest BCUT2D eigenvalue weighted by Gasteiger charge is -2.36. The monoisotopic (exact) mass is 296 g/mol. The number of nitrogens with zero attached hydrogens (tertiary/aromatic N) is 2. The van der Waals surface area contributed by atoms with Gasteiger partial charge in [0.15, 0.2) is 0 Å². The van der Waals surface area contributed by atoms with E-state index < -0.39 is 23.8 Å². The molecule has 4 saturated heterocycles. The van der Waals surface area contributed by atoms with E-state index in [-0.39, 0.29) is 31.4 Å². The second kappa shape index (κ2) is 4.75. The van der Waals surface area contributed by atoms with Crippen LogP contribution < -0.4 is 0 Å². The number of hydrogen-bond donors (Lipinski definition) is 0. The molecule has 0 N–H and O–H groups in total. The molecule has 0 spiro atoms. The highest BCUT2D eigenvalue weighted by Crippen LogP contribution is 2.29. The molecule has 0 aromatic carbocycles. The number of hydrogen-bond acceptors (Lipinski definition) is 6. The molecular formula is C13H16N2O6. The van der Waals surface area contributed by atoms with Crippen molar-refractivity contribution in [2.75, 3.05) is 32.9 Å². The van der Waals surface area contributed by atoms with Gasteiger partial charge in [0.25, 0.3) is 0 Å². The Morgan fingerprint density at radius 3 is 1.62 bits per heavy atom. The van der Waals surface area contributed by atoms with Crippen LogP contribution in [-0.2, 0) is 23.8 Å². The molecule has 4 amide bonds. The summed E-state index contributed by atoms with van der Waals surface area (Å²) in [5.41, 5.74) is 0. The Bertz CT molecular complexity index is 408. The lowest BCUT2D eigenvalue weighted by atomic mass is 9.97. The predicted octanol–water partition coefficient (Wildman–Crippen LogP) is -1.02. The largest absolute Gasteiger partial charge is 0.373 e. The van der Waals surface area contributed by atoms with E-state index in [2.05, 4.69) is 0 Å². The highest BCUT2D eigenvalue weighted by molar-refractivity contribution is 6.16. The molecule has 114 valence electrons. The minimum atomic E-state index is -0.826. The molecule has 0 bridgehead atoms. The lowest BCUT2D eigenvalue weighted by molar-refractivity contribution is -0.150. The summed E-state index contributed by atoms with van der Waals surface area (Å²) in [4.78, 5) is 39.6. The average molecular weight is 296 g/mol. The fourth-order valence-electron chi connectivity index (χ4n) is 2.58. The van der Waals surface area contributed by atoms with Crippen LogP contribution in [0.5, 0.6) is 0 Å². The van der Waals surface area contributed by atoms with Crippen molar-refractivity contribution in [2.24, 2.45) is 5.92 Å². The molecule has 0 aromatic rings. The molecular weight excluding hydrogens is 280 g/mol. The maximum Gasteiger partial charge on any atom is 0.333 e. The van der Waals surface area contributed by atoms with Crippen molar-refractivity contribution < 1.29 is 28.6 Å². The van der Waals surface area contributed by atoms with Crippen molar-refractivity contribution in [1.82, 2.24) is 9.80 Å². The second-order valence-corrected chi connectivity index (χ2v) is 5.83. The Balaban J connectivity index is 1.54. The quantitative estimate of drug-likeness (QED) is 0.460. The molecule has 21 heavy (non-hydrogen) atoms. The molecule has 0 radical (unpaired) electrons. The topological polar surface area (TPSA) is 95.3 Å². The fourth-order valence-corrected chi connectivity index (χ4v) is 2.58. The minimum absolute atomic E-state index is 0.0471. The number of imide groups is 2. The zero-order valence-corrected chi connectivity index (χ0v) is 11.4. The van der Waals surface area contributed by atoms with Gasteiger partial charge in [0, 0.05) is 0 Å². The maximum atomic E-state index is 12.4. The normalized spacial score (nSPS) is 38.0. The Kier molecular flexibility index (Phi) is 2.98. The Morgan fingerprint density at radius 1 is 0.810 bits per heavy atom. The molecule has 3 unspecified atom stereocenters. The molecule has 0 saturated carbocycles. The van der Waals surface area contributed by atoms with Gasteiger partial charge >= 0.3 is 6.03 Å². The van der Waals surface area contributed by atoms with Gasteiger partial charge < -0.3 is 14.2 Å². The standard InChI is InChI=1S/C13H16N2O6/c16-11-10(1-7-4-19-7)12(17)15(3-9-6-21-9)13(18)14(11)2-8-5-20-8/h7-10H,1-6H2. The van der Waals surface area contributed by atoms with Crippen LogP contribution in [0.4, 0.5) is 4.79 Å². The Morgan fingerprint density at radius 2 is 1.24 bits per heavy atom. The van der Waals surface area contributed by atoms with Crippen molar-refractivity contribution in [3.63, 3.8) is 0 Å². The van der Waals surface area contributed by atoms with Gasteiger partial charge in [-0.2, -0.15) is 0 Å². The lowest BCUT2D eigenvalue weighted by Crippen LogP contribution is -2.61. The third-order valence-electron chi connectivity index (χ3n) is 4.07. The molecule has 8 nitrogen and oxygen atoms in total. The van der Waals surface area contributed by atoms with Gasteiger partial charge in [-0.05, 0) is 6.42 Å². The molecule has 8 heteroatoms. The van der Waals surface area contributed by atoms with Crippen LogP contribution in [0.3, 0.4) is 0 Å². The molecule has 4 aliphatic heterocycles. The van der Waals surface area contributed by atoms with E-state index >= 15 is 0 Å². The second-order valence-electron chi connectivity index (χ2n) is 5.83. The van der Waals surface area contributed by atoms with Crippen molar-refractivity contribution in [3.8, 4) is 0 Å². The van der Waals surface area contributed by atoms with E-state index in [1.165, 1.54) is 0 Å². The molecule has 4 heterocycles. The zero-order chi connectivity index (χ0) is 14.6. The Labute approximate surface area is 120 Å². The zero-order valence-electron chi connectivity index (χ0n) is 11.4. The van der Waals surface area contributed by atoms with Crippen molar-refractivity contribution in [2.45, 2.75) is 24.7 Å². The summed E-state index contributed by atoms with van der Waals surface area (Å²) >= 11 is 0. The van der Waals surface area contributed by atoms with Crippen molar-refractivity contribution >= 4 is 17.8 Å². The van der Waals surface area contributed by atoms with Gasteiger partial charge in [0.2, 0.25) is 11.8 Å². The van der Waals surface area contributed by atoms with Crippen LogP contribution in [-0.4, -0.2) is 78.9 Å². The summed E-state index contributed by atoms with van der Waals surface area (Å²) in [7, 11) is 0. The number of carbonyl (C=O) groups is 3. The van der Waals surface area contributed by atoms with E-state index in [1.54, 1.807) is 0 Å². The van der Waals surface area contributed by atoms with E-state index in [1.807, 2.05) is 0 Å². The molecule has 4 rings (SSSR count). The molecule has 4 aliphatic rings. The van der Waals surface area contributed by atoms with Gasteiger partial charge in [0.1, 0.15) is 5.92 Å². The summed E-state index contributed by atoms with van der Waals surface area (Å²) < 4.78 is 15.3. The highest BCUT2D eigenvalue weighted by atomic mass is 16.6. The SMILES string of the molecule is O=C1C(CC2CO2)C(=O)N(CC2CO2)C(=O)N1CC1CO1. The third-order valence-corrected chi connectivity index (χ3v) is 4.07. The number of amides is 4. The van der Waals surface area contributed by atoms with Gasteiger partial charge in [0.05, 0.1) is 51.2 Å². The van der Waals surface area contributed by atoms with Crippen LogP contribution in [0.25, 0.3) is 0 Å². The summed E-state index contributed by atoms with van der Waals surface area (Å²) in [6, 6.07) is -0.552.